The summed E-state index contributed by atoms with van der Waals surface area (Å²) in [7, 11) is 0. The van der Waals surface area contributed by atoms with Crippen LogP contribution in [0, 0.1) is 0 Å². The van der Waals surface area contributed by atoms with Crippen LogP contribution in [0.1, 0.15) is 5.56 Å². The maximum atomic E-state index is 6.38. The van der Waals surface area contributed by atoms with Gasteiger partial charge in [0.15, 0.2) is 0 Å². The van der Waals surface area contributed by atoms with E-state index >= 15 is 0 Å². The zero-order valence-corrected chi connectivity index (χ0v) is 12.8. The van der Waals surface area contributed by atoms with Gasteiger partial charge < -0.3 is 15.5 Å². The lowest BCUT2D eigenvalue weighted by molar-refractivity contribution is 0.653. The molecule has 3 rings (SSSR count). The van der Waals surface area contributed by atoms with Crippen LogP contribution in [-0.4, -0.2) is 26.2 Å². The molecule has 0 atom stereocenters. The van der Waals surface area contributed by atoms with Crippen LogP contribution >= 0.6 is 11.6 Å². The molecule has 4 heteroatoms. The third kappa shape index (κ3) is 3.14. The highest BCUT2D eigenvalue weighted by molar-refractivity contribution is 6.33. The minimum absolute atomic E-state index is 0.530. The standard InChI is InChI=1S/C17H20ClN3/c18-16-12-14(13-19)6-7-17(16)21-10-8-20(9-11-21)15-4-2-1-3-5-15/h1-7,12H,8-11,13,19H2. The number of para-hydroxylation sites is 1. The summed E-state index contributed by atoms with van der Waals surface area (Å²) in [5.41, 5.74) is 9.13. The lowest BCUT2D eigenvalue weighted by atomic mass is 10.1. The second-order valence-corrected chi connectivity index (χ2v) is 5.71. The van der Waals surface area contributed by atoms with Crippen molar-refractivity contribution in [2.75, 3.05) is 36.0 Å². The van der Waals surface area contributed by atoms with Crippen LogP contribution in [0.15, 0.2) is 48.5 Å². The molecule has 0 saturated carbocycles. The van der Waals surface area contributed by atoms with Crippen molar-refractivity contribution in [2.45, 2.75) is 6.54 Å². The smallest absolute Gasteiger partial charge is 0.0642 e. The third-order valence-electron chi connectivity index (χ3n) is 3.99. The van der Waals surface area contributed by atoms with Crippen molar-refractivity contribution in [3.63, 3.8) is 0 Å². The molecule has 1 heterocycles. The van der Waals surface area contributed by atoms with Crippen molar-refractivity contribution in [2.24, 2.45) is 5.73 Å². The second-order valence-electron chi connectivity index (χ2n) is 5.30. The summed E-state index contributed by atoms with van der Waals surface area (Å²) < 4.78 is 0. The summed E-state index contributed by atoms with van der Waals surface area (Å²) >= 11 is 6.38. The Labute approximate surface area is 130 Å². The van der Waals surface area contributed by atoms with E-state index in [1.165, 1.54) is 5.69 Å². The Morgan fingerprint density at radius 1 is 0.905 bits per heavy atom. The maximum absolute atomic E-state index is 6.38. The highest BCUT2D eigenvalue weighted by Crippen LogP contribution is 2.28. The van der Waals surface area contributed by atoms with Gasteiger partial charge in [0.1, 0.15) is 0 Å². The second kappa shape index (κ2) is 6.37. The van der Waals surface area contributed by atoms with Gasteiger partial charge >= 0.3 is 0 Å². The Balaban J connectivity index is 1.68. The number of nitrogens with two attached hydrogens (primary N) is 1. The van der Waals surface area contributed by atoms with Crippen LogP contribution in [0.2, 0.25) is 5.02 Å². The van der Waals surface area contributed by atoms with Gasteiger partial charge in [-0.25, -0.2) is 0 Å². The number of piperazine rings is 1. The molecule has 0 spiro atoms. The van der Waals surface area contributed by atoms with Crippen molar-refractivity contribution in [1.82, 2.24) is 0 Å². The van der Waals surface area contributed by atoms with Crippen LogP contribution < -0.4 is 15.5 Å². The molecule has 21 heavy (non-hydrogen) atoms. The fraction of sp³-hybridized carbons (Fsp3) is 0.294. The molecule has 0 bridgehead atoms. The molecule has 1 aliphatic heterocycles. The number of halogens is 1. The topological polar surface area (TPSA) is 32.5 Å². The normalized spacial score (nSPS) is 15.3. The fourth-order valence-electron chi connectivity index (χ4n) is 2.78. The van der Waals surface area contributed by atoms with E-state index in [0.29, 0.717) is 6.54 Å². The van der Waals surface area contributed by atoms with Gasteiger partial charge in [0, 0.05) is 38.4 Å². The molecule has 2 N–H and O–H groups in total. The van der Waals surface area contributed by atoms with Crippen LogP contribution in [0.3, 0.4) is 0 Å². The maximum Gasteiger partial charge on any atom is 0.0642 e. The van der Waals surface area contributed by atoms with Gasteiger partial charge in [-0.15, -0.1) is 0 Å². The first kappa shape index (κ1) is 14.2. The van der Waals surface area contributed by atoms with E-state index in [4.69, 9.17) is 17.3 Å². The first-order chi connectivity index (χ1) is 10.3. The predicted molar refractivity (Wildman–Crippen MR) is 90.2 cm³/mol. The van der Waals surface area contributed by atoms with Crippen LogP contribution in [-0.2, 0) is 6.54 Å². The SMILES string of the molecule is NCc1ccc(N2CCN(c3ccccc3)CC2)c(Cl)c1. The predicted octanol–water partition coefficient (Wildman–Crippen LogP) is 3.13. The van der Waals surface area contributed by atoms with E-state index in [-0.39, 0.29) is 0 Å². The molecule has 1 saturated heterocycles. The summed E-state index contributed by atoms with van der Waals surface area (Å²) in [6, 6.07) is 16.7. The van der Waals surface area contributed by atoms with Gasteiger partial charge in [-0.3, -0.25) is 0 Å². The highest BCUT2D eigenvalue weighted by Gasteiger charge is 2.19. The van der Waals surface area contributed by atoms with Crippen molar-refractivity contribution in [3.05, 3.63) is 59.1 Å². The number of hydrogen-bond acceptors (Lipinski definition) is 3. The number of hydrogen-bond donors (Lipinski definition) is 1. The van der Waals surface area contributed by atoms with Crippen molar-refractivity contribution in [3.8, 4) is 0 Å². The molecule has 0 aliphatic carbocycles. The molecule has 110 valence electrons. The van der Waals surface area contributed by atoms with E-state index in [1.807, 2.05) is 6.07 Å². The summed E-state index contributed by atoms with van der Waals surface area (Å²) in [5, 5.41) is 0.797. The number of nitrogens with zero attached hydrogens (tertiary/aromatic N) is 2. The van der Waals surface area contributed by atoms with Gasteiger partial charge in [-0.05, 0) is 29.8 Å². The zero-order chi connectivity index (χ0) is 14.7. The average molecular weight is 302 g/mol. The first-order valence-electron chi connectivity index (χ1n) is 7.31. The largest absolute Gasteiger partial charge is 0.368 e. The van der Waals surface area contributed by atoms with Crippen LogP contribution in [0.25, 0.3) is 0 Å². The van der Waals surface area contributed by atoms with Gasteiger partial charge in [-0.2, -0.15) is 0 Å². The number of anilines is 2. The molecular weight excluding hydrogens is 282 g/mol. The highest BCUT2D eigenvalue weighted by atomic mass is 35.5. The van der Waals surface area contributed by atoms with Crippen molar-refractivity contribution in [1.29, 1.82) is 0 Å². The minimum atomic E-state index is 0.530. The van der Waals surface area contributed by atoms with E-state index in [0.717, 1.165) is 42.5 Å². The Morgan fingerprint density at radius 2 is 1.57 bits per heavy atom. The van der Waals surface area contributed by atoms with Gasteiger partial charge in [0.2, 0.25) is 0 Å². The van der Waals surface area contributed by atoms with Crippen molar-refractivity contribution >= 4 is 23.0 Å². The quantitative estimate of drug-likeness (QED) is 0.945. The monoisotopic (exact) mass is 301 g/mol. The number of rotatable bonds is 3. The molecular formula is C17H20ClN3. The Hall–Kier alpha value is -1.71. The summed E-state index contributed by atoms with van der Waals surface area (Å²) in [6.45, 7) is 4.52. The van der Waals surface area contributed by atoms with E-state index in [2.05, 4.69) is 52.3 Å². The van der Waals surface area contributed by atoms with Crippen LogP contribution in [0.5, 0.6) is 0 Å². The molecule has 2 aromatic carbocycles. The Bertz CT molecular complexity index is 592. The van der Waals surface area contributed by atoms with Gasteiger partial charge in [-0.1, -0.05) is 35.9 Å². The lowest BCUT2D eigenvalue weighted by Gasteiger charge is -2.37. The third-order valence-corrected chi connectivity index (χ3v) is 4.29. The lowest BCUT2D eigenvalue weighted by Crippen LogP contribution is -2.46. The summed E-state index contributed by atoms with van der Waals surface area (Å²) in [5.74, 6) is 0. The molecule has 2 aromatic rings. The average Bonchev–Trinajstić information content (AvgIpc) is 2.56. The van der Waals surface area contributed by atoms with E-state index in [9.17, 15) is 0 Å². The van der Waals surface area contributed by atoms with E-state index < -0.39 is 0 Å². The summed E-state index contributed by atoms with van der Waals surface area (Å²) in [4.78, 5) is 4.76. The zero-order valence-electron chi connectivity index (χ0n) is 12.0. The van der Waals surface area contributed by atoms with Gasteiger partial charge in [0.05, 0.1) is 10.7 Å². The first-order valence-corrected chi connectivity index (χ1v) is 7.69. The summed E-state index contributed by atoms with van der Waals surface area (Å²) in [6.07, 6.45) is 0. The Kier molecular flexibility index (Phi) is 4.32. The molecule has 1 fully saturated rings. The van der Waals surface area contributed by atoms with Crippen LogP contribution in [0.4, 0.5) is 11.4 Å². The molecule has 0 aromatic heterocycles. The Morgan fingerprint density at radius 3 is 2.19 bits per heavy atom. The van der Waals surface area contributed by atoms with Crippen molar-refractivity contribution < 1.29 is 0 Å². The van der Waals surface area contributed by atoms with Gasteiger partial charge in [0.25, 0.3) is 0 Å². The number of benzene rings is 2. The molecule has 0 radical (unpaired) electrons. The fourth-order valence-corrected chi connectivity index (χ4v) is 3.10. The molecule has 0 unspecified atom stereocenters. The molecule has 3 nitrogen and oxygen atoms in total. The minimum Gasteiger partial charge on any atom is -0.368 e. The van der Waals surface area contributed by atoms with E-state index in [1.54, 1.807) is 0 Å². The molecule has 0 amide bonds. The molecule has 1 aliphatic rings.